The Labute approximate surface area is 177 Å². The Morgan fingerprint density at radius 3 is 2.69 bits per heavy atom. The molecule has 29 heavy (non-hydrogen) atoms. The molecule has 0 bridgehead atoms. The molecule has 0 unspecified atom stereocenters. The summed E-state index contributed by atoms with van der Waals surface area (Å²) >= 11 is 7.29. The fourth-order valence-electron chi connectivity index (χ4n) is 3.33. The van der Waals surface area contributed by atoms with E-state index < -0.39 is 0 Å². The van der Waals surface area contributed by atoms with Crippen molar-refractivity contribution in [1.29, 1.82) is 0 Å². The summed E-state index contributed by atoms with van der Waals surface area (Å²) in [6.45, 7) is 4.65. The number of nitrogens with zero attached hydrogens (tertiary/aromatic N) is 3. The van der Waals surface area contributed by atoms with Crippen LogP contribution in [0.3, 0.4) is 0 Å². The first kappa shape index (κ1) is 20.2. The Morgan fingerprint density at radius 2 is 1.97 bits per heavy atom. The van der Waals surface area contributed by atoms with E-state index in [4.69, 9.17) is 16.3 Å². The summed E-state index contributed by atoms with van der Waals surface area (Å²) in [7, 11) is 0. The molecular weight excluding hydrogens is 413 g/mol. The number of fused-ring (bicyclic) bond motifs is 1. The summed E-state index contributed by atoms with van der Waals surface area (Å²) in [6, 6.07) is 11.6. The largest absolute Gasteiger partial charge is 0.379 e. The zero-order valence-electron chi connectivity index (χ0n) is 15.8. The summed E-state index contributed by atoms with van der Waals surface area (Å²) in [5.41, 5.74) is 0.829. The van der Waals surface area contributed by atoms with Crippen molar-refractivity contribution in [3.8, 4) is 0 Å². The van der Waals surface area contributed by atoms with Gasteiger partial charge in [0.15, 0.2) is 5.13 Å². The van der Waals surface area contributed by atoms with Gasteiger partial charge in [-0.1, -0.05) is 29.0 Å². The van der Waals surface area contributed by atoms with Gasteiger partial charge in [-0.25, -0.2) is 9.37 Å². The van der Waals surface area contributed by atoms with Gasteiger partial charge in [0.25, 0.3) is 5.91 Å². The Hall–Kier alpha value is -2.06. The third-order valence-electron chi connectivity index (χ3n) is 4.89. The lowest BCUT2D eigenvalue weighted by Crippen LogP contribution is -2.39. The topological polar surface area (TPSA) is 45.7 Å². The number of amides is 1. The van der Waals surface area contributed by atoms with Crippen LogP contribution in [0, 0.1) is 5.82 Å². The van der Waals surface area contributed by atoms with Gasteiger partial charge < -0.3 is 4.74 Å². The molecule has 3 aromatic rings. The molecule has 0 spiro atoms. The van der Waals surface area contributed by atoms with Crippen LogP contribution in [0.25, 0.3) is 10.2 Å². The van der Waals surface area contributed by atoms with E-state index in [0.717, 1.165) is 44.0 Å². The van der Waals surface area contributed by atoms with Gasteiger partial charge in [-0.05, 0) is 42.8 Å². The van der Waals surface area contributed by atoms with Crippen molar-refractivity contribution in [2.24, 2.45) is 0 Å². The van der Waals surface area contributed by atoms with E-state index in [1.54, 1.807) is 35.2 Å². The average Bonchev–Trinajstić information content (AvgIpc) is 3.17. The van der Waals surface area contributed by atoms with Crippen molar-refractivity contribution in [2.45, 2.75) is 6.42 Å². The highest BCUT2D eigenvalue weighted by Crippen LogP contribution is 2.31. The Morgan fingerprint density at radius 1 is 1.21 bits per heavy atom. The number of carbonyl (C=O) groups excluding carboxylic acids is 1. The lowest BCUT2D eigenvalue weighted by atomic mass is 10.2. The second-order valence-corrected chi connectivity index (χ2v) is 8.30. The summed E-state index contributed by atoms with van der Waals surface area (Å²) in [6.07, 6.45) is 0.789. The van der Waals surface area contributed by atoms with Gasteiger partial charge in [-0.15, -0.1) is 0 Å². The van der Waals surface area contributed by atoms with E-state index in [0.29, 0.717) is 27.8 Å². The molecule has 5 nitrogen and oxygen atoms in total. The van der Waals surface area contributed by atoms with Gasteiger partial charge in [0.2, 0.25) is 0 Å². The van der Waals surface area contributed by atoms with Crippen LogP contribution in [-0.2, 0) is 4.74 Å². The molecule has 0 N–H and O–H groups in total. The van der Waals surface area contributed by atoms with Crippen LogP contribution in [0.5, 0.6) is 0 Å². The zero-order chi connectivity index (χ0) is 20.2. The van der Waals surface area contributed by atoms with Gasteiger partial charge >= 0.3 is 0 Å². The van der Waals surface area contributed by atoms with Crippen LogP contribution >= 0.6 is 22.9 Å². The monoisotopic (exact) mass is 433 g/mol. The van der Waals surface area contributed by atoms with Crippen LogP contribution in [0.15, 0.2) is 42.5 Å². The molecule has 1 aliphatic heterocycles. The van der Waals surface area contributed by atoms with Crippen LogP contribution in [0.1, 0.15) is 16.8 Å². The first-order valence-electron chi connectivity index (χ1n) is 9.54. The number of para-hydroxylation sites is 1. The van der Waals surface area contributed by atoms with E-state index in [-0.39, 0.29) is 11.7 Å². The number of benzene rings is 2. The molecule has 1 fully saturated rings. The van der Waals surface area contributed by atoms with Crippen molar-refractivity contribution in [3.63, 3.8) is 0 Å². The minimum atomic E-state index is -0.378. The normalized spacial score (nSPS) is 15.0. The minimum absolute atomic E-state index is 0.164. The number of hydrogen-bond acceptors (Lipinski definition) is 5. The maximum Gasteiger partial charge on any atom is 0.260 e. The number of thiazole rings is 1. The van der Waals surface area contributed by atoms with Crippen molar-refractivity contribution in [1.82, 2.24) is 9.88 Å². The van der Waals surface area contributed by atoms with Crippen LogP contribution < -0.4 is 4.90 Å². The molecule has 1 aliphatic rings. The third-order valence-corrected chi connectivity index (χ3v) is 6.18. The van der Waals surface area contributed by atoms with Crippen molar-refractivity contribution in [2.75, 3.05) is 44.3 Å². The maximum atomic E-state index is 14.1. The average molecular weight is 434 g/mol. The highest BCUT2D eigenvalue weighted by atomic mass is 35.5. The third kappa shape index (κ3) is 4.75. The molecule has 1 amide bonds. The highest BCUT2D eigenvalue weighted by Gasteiger charge is 2.22. The molecule has 1 saturated heterocycles. The van der Waals surface area contributed by atoms with E-state index >= 15 is 0 Å². The number of hydrogen-bond donors (Lipinski definition) is 0. The number of morpholine rings is 1. The number of halogens is 2. The quantitative estimate of drug-likeness (QED) is 0.575. The maximum absolute atomic E-state index is 14.1. The summed E-state index contributed by atoms with van der Waals surface area (Å²) in [4.78, 5) is 21.6. The summed E-state index contributed by atoms with van der Waals surface area (Å²) in [5, 5.41) is 1.08. The molecular formula is C21H21ClFN3O2S. The predicted molar refractivity (Wildman–Crippen MR) is 115 cm³/mol. The van der Waals surface area contributed by atoms with Crippen LogP contribution in [-0.4, -0.2) is 55.2 Å². The molecule has 2 heterocycles. The standard InChI is InChI=1S/C21H21ClFN3O2S/c22-16-7-5-15(6-8-16)20(27)26(10-2-9-25-11-13-28-14-12-25)21-24-19-17(23)3-1-4-18(19)29-21/h1,3-8H,2,9-14H2. The Kier molecular flexibility index (Phi) is 6.40. The second-order valence-electron chi connectivity index (χ2n) is 6.85. The fourth-order valence-corrected chi connectivity index (χ4v) is 4.46. The molecule has 1 aromatic heterocycles. The molecule has 0 atom stereocenters. The molecule has 0 saturated carbocycles. The SMILES string of the molecule is O=C(c1ccc(Cl)cc1)N(CCCN1CCOCC1)c1nc2c(F)cccc2s1. The van der Waals surface area contributed by atoms with Crippen molar-refractivity contribution >= 4 is 44.2 Å². The molecule has 2 aromatic carbocycles. The summed E-state index contributed by atoms with van der Waals surface area (Å²) in [5.74, 6) is -0.541. The molecule has 8 heteroatoms. The molecule has 152 valence electrons. The molecule has 0 radical (unpaired) electrons. The van der Waals surface area contributed by atoms with E-state index in [9.17, 15) is 9.18 Å². The predicted octanol–water partition coefficient (Wildman–Crippen LogP) is 4.46. The second kappa shape index (κ2) is 9.17. The summed E-state index contributed by atoms with van der Waals surface area (Å²) < 4.78 is 20.2. The zero-order valence-corrected chi connectivity index (χ0v) is 17.4. The van der Waals surface area contributed by atoms with Crippen molar-refractivity contribution in [3.05, 3.63) is 58.9 Å². The number of carbonyl (C=O) groups is 1. The first-order valence-corrected chi connectivity index (χ1v) is 10.7. The van der Waals surface area contributed by atoms with Crippen molar-refractivity contribution < 1.29 is 13.9 Å². The van der Waals surface area contributed by atoms with Gasteiger partial charge in [0, 0.05) is 36.8 Å². The lowest BCUT2D eigenvalue weighted by Gasteiger charge is -2.27. The Balaban J connectivity index is 1.57. The number of rotatable bonds is 6. The van der Waals surface area contributed by atoms with Gasteiger partial charge in [0.05, 0.1) is 17.9 Å². The number of ether oxygens (including phenoxy) is 1. The molecule has 4 rings (SSSR count). The number of anilines is 1. The number of aromatic nitrogens is 1. The van der Waals surface area contributed by atoms with E-state index in [1.807, 2.05) is 6.07 Å². The van der Waals surface area contributed by atoms with Gasteiger partial charge in [-0.3, -0.25) is 14.6 Å². The smallest absolute Gasteiger partial charge is 0.260 e. The van der Waals surface area contributed by atoms with E-state index in [2.05, 4.69) is 9.88 Å². The molecule has 0 aliphatic carbocycles. The van der Waals surface area contributed by atoms with E-state index in [1.165, 1.54) is 17.4 Å². The van der Waals surface area contributed by atoms with Gasteiger partial charge in [0.1, 0.15) is 11.3 Å². The lowest BCUT2D eigenvalue weighted by molar-refractivity contribution is 0.0376. The highest BCUT2D eigenvalue weighted by molar-refractivity contribution is 7.22. The van der Waals surface area contributed by atoms with Crippen LogP contribution in [0.4, 0.5) is 9.52 Å². The van der Waals surface area contributed by atoms with Crippen LogP contribution in [0.2, 0.25) is 5.02 Å². The Bertz CT molecular complexity index is 989. The fraction of sp³-hybridized carbons (Fsp3) is 0.333. The first-order chi connectivity index (χ1) is 14.1. The minimum Gasteiger partial charge on any atom is -0.379 e. The van der Waals surface area contributed by atoms with Gasteiger partial charge in [-0.2, -0.15) is 0 Å².